The van der Waals surface area contributed by atoms with E-state index < -0.39 is 18.1 Å². The number of nitrogens with one attached hydrogen (secondary N) is 1. The highest BCUT2D eigenvalue weighted by atomic mass is 35.5. The van der Waals surface area contributed by atoms with Crippen molar-refractivity contribution in [2.75, 3.05) is 19.8 Å². The first-order valence-corrected chi connectivity index (χ1v) is 11.2. The summed E-state index contributed by atoms with van der Waals surface area (Å²) in [6.45, 7) is 5.62. The third-order valence-electron chi connectivity index (χ3n) is 5.98. The minimum absolute atomic E-state index is 0. The molecule has 1 aliphatic heterocycles. The Balaban J connectivity index is 0.00000342. The number of aliphatic hydroxyl groups excluding tert-OH is 1. The standard InChI is InChI=1S/C24H30N4O6.ClH/c1-14-8-17(11-27(3)23(14)30)22-26-19-9-16(10-25-21(15(2)29)24(31)32)4-5-20(19)28(22)12-18-13-33-6-7-34-18;/h4-5,8-9,11,15,18,21,25,29H,6-7,10,12-13H2,1-3H3,(H,31,32);1H/t15-,18?,21+;/m1./s1. The number of ether oxygens (including phenoxy) is 2. The zero-order valence-corrected chi connectivity index (χ0v) is 20.7. The van der Waals surface area contributed by atoms with E-state index in [9.17, 15) is 19.8 Å². The van der Waals surface area contributed by atoms with Gasteiger partial charge in [0.05, 0.1) is 49.6 Å². The second-order valence-corrected chi connectivity index (χ2v) is 8.70. The van der Waals surface area contributed by atoms with Crippen molar-refractivity contribution in [2.24, 2.45) is 7.05 Å². The largest absolute Gasteiger partial charge is 0.480 e. The molecule has 1 fully saturated rings. The zero-order valence-electron chi connectivity index (χ0n) is 19.9. The fourth-order valence-electron chi connectivity index (χ4n) is 4.23. The summed E-state index contributed by atoms with van der Waals surface area (Å²) >= 11 is 0. The Hall–Kier alpha value is -2.76. The van der Waals surface area contributed by atoms with Crippen molar-refractivity contribution in [3.8, 4) is 11.4 Å². The van der Waals surface area contributed by atoms with Crippen LogP contribution in [0.5, 0.6) is 0 Å². The topological polar surface area (TPSA) is 128 Å². The van der Waals surface area contributed by atoms with E-state index >= 15 is 0 Å². The minimum Gasteiger partial charge on any atom is -0.480 e. The van der Waals surface area contributed by atoms with Crippen molar-refractivity contribution in [1.29, 1.82) is 0 Å². The monoisotopic (exact) mass is 506 g/mol. The third-order valence-corrected chi connectivity index (χ3v) is 5.98. The van der Waals surface area contributed by atoms with Crippen LogP contribution in [0, 0.1) is 6.92 Å². The quantitative estimate of drug-likeness (QED) is 0.419. The van der Waals surface area contributed by atoms with Crippen molar-refractivity contribution in [2.45, 2.75) is 45.2 Å². The number of rotatable bonds is 8. The molecule has 1 aromatic carbocycles. The molecule has 0 amide bonds. The number of hydrogen-bond donors (Lipinski definition) is 3. The van der Waals surface area contributed by atoms with Crippen LogP contribution in [-0.2, 0) is 34.4 Å². The Morgan fingerprint density at radius 3 is 2.71 bits per heavy atom. The van der Waals surface area contributed by atoms with Gasteiger partial charge in [-0.05, 0) is 37.6 Å². The molecule has 2 aromatic heterocycles. The fourth-order valence-corrected chi connectivity index (χ4v) is 4.23. The predicted molar refractivity (Wildman–Crippen MR) is 133 cm³/mol. The molecule has 0 aliphatic carbocycles. The molecule has 4 rings (SSSR count). The van der Waals surface area contributed by atoms with Crippen LogP contribution >= 0.6 is 12.4 Å². The van der Waals surface area contributed by atoms with Gasteiger partial charge in [-0.25, -0.2) is 4.98 Å². The third kappa shape index (κ3) is 5.91. The van der Waals surface area contributed by atoms with E-state index in [1.165, 1.54) is 6.92 Å². The van der Waals surface area contributed by atoms with Gasteiger partial charge in [-0.2, -0.15) is 0 Å². The van der Waals surface area contributed by atoms with Gasteiger partial charge in [-0.15, -0.1) is 12.4 Å². The Morgan fingerprint density at radius 1 is 1.31 bits per heavy atom. The van der Waals surface area contributed by atoms with Crippen LogP contribution in [0.1, 0.15) is 18.1 Å². The maximum atomic E-state index is 12.2. The fraction of sp³-hybridized carbons (Fsp3) is 0.458. The summed E-state index contributed by atoms with van der Waals surface area (Å²) in [5, 5.41) is 21.9. The molecule has 3 atom stereocenters. The van der Waals surface area contributed by atoms with Gasteiger partial charge in [0.25, 0.3) is 5.56 Å². The van der Waals surface area contributed by atoms with Crippen LogP contribution in [0.3, 0.4) is 0 Å². The second kappa shape index (κ2) is 11.3. The van der Waals surface area contributed by atoms with Crippen LogP contribution in [0.25, 0.3) is 22.4 Å². The number of benzene rings is 1. The summed E-state index contributed by atoms with van der Waals surface area (Å²) in [5.74, 6) is -0.400. The van der Waals surface area contributed by atoms with Gasteiger partial charge >= 0.3 is 5.97 Å². The summed E-state index contributed by atoms with van der Waals surface area (Å²) < 4.78 is 15.1. The van der Waals surface area contributed by atoms with Crippen LogP contribution < -0.4 is 10.9 Å². The van der Waals surface area contributed by atoms with Gasteiger partial charge in [-0.1, -0.05) is 6.07 Å². The molecule has 10 nitrogen and oxygen atoms in total. The number of carbonyl (C=O) groups is 1. The van der Waals surface area contributed by atoms with Crippen molar-refractivity contribution < 1.29 is 24.5 Å². The molecule has 1 unspecified atom stereocenters. The molecule has 190 valence electrons. The summed E-state index contributed by atoms with van der Waals surface area (Å²) in [5.41, 5.74) is 3.84. The lowest BCUT2D eigenvalue weighted by Crippen LogP contribution is -2.44. The zero-order chi connectivity index (χ0) is 24.4. The Morgan fingerprint density at radius 2 is 2.09 bits per heavy atom. The SMILES string of the molecule is Cc1cc(-c2nc3cc(CN[C@H](C(=O)O)[C@@H](C)O)ccc3n2CC2COCCO2)cn(C)c1=O.Cl. The number of imidazole rings is 1. The van der Waals surface area contributed by atoms with Crippen molar-refractivity contribution in [3.63, 3.8) is 0 Å². The van der Waals surface area contributed by atoms with Gasteiger partial charge in [0.2, 0.25) is 0 Å². The van der Waals surface area contributed by atoms with Gasteiger partial charge in [0, 0.05) is 30.9 Å². The van der Waals surface area contributed by atoms with Crippen LogP contribution in [-0.4, -0.2) is 68.4 Å². The summed E-state index contributed by atoms with van der Waals surface area (Å²) in [7, 11) is 1.72. The molecule has 1 aliphatic rings. The maximum Gasteiger partial charge on any atom is 0.323 e. The molecule has 3 N–H and O–H groups in total. The average molecular weight is 507 g/mol. The smallest absolute Gasteiger partial charge is 0.323 e. The number of aromatic nitrogens is 3. The number of hydrogen-bond acceptors (Lipinski definition) is 7. The second-order valence-electron chi connectivity index (χ2n) is 8.70. The van der Waals surface area contributed by atoms with Crippen molar-refractivity contribution in [3.05, 3.63) is 51.9 Å². The van der Waals surface area contributed by atoms with E-state index in [0.717, 1.165) is 22.2 Å². The lowest BCUT2D eigenvalue weighted by Gasteiger charge is -2.24. The number of aliphatic hydroxyl groups is 1. The highest BCUT2D eigenvalue weighted by Crippen LogP contribution is 2.27. The van der Waals surface area contributed by atoms with Crippen molar-refractivity contribution in [1.82, 2.24) is 19.4 Å². The van der Waals surface area contributed by atoms with Gasteiger partial charge in [-0.3, -0.25) is 14.9 Å². The lowest BCUT2D eigenvalue weighted by atomic mass is 10.1. The molecule has 11 heteroatoms. The molecule has 1 saturated heterocycles. The van der Waals surface area contributed by atoms with E-state index in [2.05, 4.69) is 9.88 Å². The number of halogens is 1. The summed E-state index contributed by atoms with van der Waals surface area (Å²) in [4.78, 5) is 28.5. The van der Waals surface area contributed by atoms with E-state index in [4.69, 9.17) is 14.5 Å². The van der Waals surface area contributed by atoms with E-state index in [-0.39, 0.29) is 30.6 Å². The van der Waals surface area contributed by atoms with Crippen LogP contribution in [0.4, 0.5) is 0 Å². The Labute approximate surface area is 208 Å². The number of aryl methyl sites for hydroxylation is 2. The molecule has 35 heavy (non-hydrogen) atoms. The summed E-state index contributed by atoms with van der Waals surface area (Å²) in [6, 6.07) is 6.51. The number of aliphatic carboxylic acids is 1. The number of carboxylic acids is 1. The molecule has 0 saturated carbocycles. The van der Waals surface area contributed by atoms with Gasteiger partial charge in [0.15, 0.2) is 0 Å². The number of nitrogens with zero attached hydrogens (tertiary/aromatic N) is 3. The highest BCUT2D eigenvalue weighted by Gasteiger charge is 2.23. The van der Waals surface area contributed by atoms with E-state index in [0.29, 0.717) is 37.8 Å². The van der Waals surface area contributed by atoms with E-state index in [1.807, 2.05) is 24.3 Å². The highest BCUT2D eigenvalue weighted by molar-refractivity contribution is 5.85. The van der Waals surface area contributed by atoms with Gasteiger partial charge in [0.1, 0.15) is 11.9 Å². The van der Waals surface area contributed by atoms with E-state index in [1.54, 1.807) is 24.7 Å². The molecular formula is C24H31ClN4O6. The molecule has 3 heterocycles. The maximum absolute atomic E-state index is 12.2. The minimum atomic E-state index is -1.11. The first kappa shape index (κ1) is 26.8. The lowest BCUT2D eigenvalue weighted by molar-refractivity contribution is -0.142. The molecule has 0 bridgehead atoms. The summed E-state index contributed by atoms with van der Waals surface area (Å²) in [6.07, 6.45) is 0.619. The Bertz CT molecular complexity index is 1220. The molecule has 0 radical (unpaired) electrons. The van der Waals surface area contributed by atoms with Crippen molar-refractivity contribution >= 4 is 29.4 Å². The first-order chi connectivity index (χ1) is 16.2. The average Bonchev–Trinajstić information content (AvgIpc) is 3.15. The molecule has 0 spiro atoms. The van der Waals surface area contributed by atoms with Crippen LogP contribution in [0.2, 0.25) is 0 Å². The number of pyridine rings is 1. The normalized spacial score (nSPS) is 17.7. The first-order valence-electron chi connectivity index (χ1n) is 11.2. The molecule has 3 aromatic rings. The predicted octanol–water partition coefficient (Wildman–Crippen LogP) is 1.47. The van der Waals surface area contributed by atoms with Gasteiger partial charge < -0.3 is 28.8 Å². The number of carboxylic acid groups (broad SMARTS) is 1. The Kier molecular flexibility index (Phi) is 8.68. The van der Waals surface area contributed by atoms with Crippen LogP contribution in [0.15, 0.2) is 35.3 Å². The molecular weight excluding hydrogens is 476 g/mol. The number of fused-ring (bicyclic) bond motifs is 1.